The zero-order valence-electron chi connectivity index (χ0n) is 13.3. The van der Waals surface area contributed by atoms with Gasteiger partial charge in [0.15, 0.2) is 16.9 Å². The van der Waals surface area contributed by atoms with E-state index in [-0.39, 0.29) is 5.37 Å². The molecule has 2 aliphatic rings. The summed E-state index contributed by atoms with van der Waals surface area (Å²) in [5.74, 6) is -2.69. The molecule has 24 heavy (non-hydrogen) atoms. The van der Waals surface area contributed by atoms with Gasteiger partial charge in [0.1, 0.15) is 0 Å². The Hall–Kier alpha value is -2.35. The number of nitrogens with one attached hydrogen (secondary N) is 3. The molecule has 0 saturated heterocycles. The largest absolute Gasteiger partial charge is 0.324 e. The quantitative estimate of drug-likeness (QED) is 0.721. The molecule has 0 aliphatic carbocycles. The van der Waals surface area contributed by atoms with E-state index in [4.69, 9.17) is 0 Å². The molecule has 2 atom stereocenters. The Bertz CT molecular complexity index is 732. The van der Waals surface area contributed by atoms with E-state index in [1.807, 2.05) is 0 Å². The number of carbonyl (C=O) groups is 3. The highest BCUT2D eigenvalue weighted by molar-refractivity contribution is 8.14. The number of para-hydroxylation sites is 1. The predicted octanol–water partition coefficient (Wildman–Crippen LogP) is 1.53. The second kappa shape index (κ2) is 6.64. The van der Waals surface area contributed by atoms with Crippen LogP contribution in [0, 0.1) is 11.8 Å². The maximum atomic E-state index is 12.5. The molecule has 3 N–H and O–H groups in total. The molecule has 3 rings (SSSR count). The lowest BCUT2D eigenvalue weighted by Crippen LogP contribution is -2.46. The minimum Gasteiger partial charge on any atom is -0.324 e. The maximum Gasteiger partial charge on any atom is 0.246 e. The van der Waals surface area contributed by atoms with Crippen LogP contribution in [0.25, 0.3) is 0 Å². The minimum absolute atomic E-state index is 0.0805. The van der Waals surface area contributed by atoms with Gasteiger partial charge in [-0.2, -0.15) is 5.10 Å². The number of ketones is 1. The molecule has 0 unspecified atom stereocenters. The SMILES string of the molecule is CC(C)C[C@@H]1NN=C(NC(=O)[C@H]2C(=O)Nc3ccccc3C2=O)S1. The van der Waals surface area contributed by atoms with E-state index in [1.54, 1.807) is 24.3 Å². The van der Waals surface area contributed by atoms with Crippen LogP contribution in [-0.2, 0) is 9.59 Å². The first-order valence-electron chi connectivity index (χ1n) is 7.70. The Morgan fingerprint density at radius 2 is 2.08 bits per heavy atom. The van der Waals surface area contributed by atoms with Gasteiger partial charge in [0.05, 0.1) is 11.1 Å². The fourth-order valence-corrected chi connectivity index (χ4v) is 3.73. The molecule has 2 aliphatic heterocycles. The maximum absolute atomic E-state index is 12.5. The summed E-state index contributed by atoms with van der Waals surface area (Å²) >= 11 is 1.38. The van der Waals surface area contributed by atoms with Crippen molar-refractivity contribution in [2.75, 3.05) is 5.32 Å². The molecule has 2 amide bonds. The number of amidine groups is 1. The van der Waals surface area contributed by atoms with E-state index in [9.17, 15) is 14.4 Å². The van der Waals surface area contributed by atoms with Gasteiger partial charge in [0.25, 0.3) is 0 Å². The highest BCUT2D eigenvalue weighted by Crippen LogP contribution is 2.26. The van der Waals surface area contributed by atoms with E-state index in [0.717, 1.165) is 6.42 Å². The van der Waals surface area contributed by atoms with Crippen LogP contribution in [0.1, 0.15) is 30.6 Å². The average Bonchev–Trinajstić information content (AvgIpc) is 2.93. The third-order valence-corrected chi connectivity index (χ3v) is 4.72. The Morgan fingerprint density at radius 3 is 2.83 bits per heavy atom. The number of benzene rings is 1. The lowest BCUT2D eigenvalue weighted by molar-refractivity contribution is -0.129. The van der Waals surface area contributed by atoms with Gasteiger partial charge in [-0.1, -0.05) is 37.7 Å². The van der Waals surface area contributed by atoms with Crippen LogP contribution in [0.4, 0.5) is 5.69 Å². The molecule has 0 fully saturated rings. The Balaban J connectivity index is 1.68. The van der Waals surface area contributed by atoms with E-state index in [0.29, 0.717) is 22.3 Å². The smallest absolute Gasteiger partial charge is 0.246 e. The van der Waals surface area contributed by atoms with Gasteiger partial charge in [-0.25, -0.2) is 0 Å². The minimum atomic E-state index is -1.40. The molecule has 0 spiro atoms. The van der Waals surface area contributed by atoms with Gasteiger partial charge < -0.3 is 10.6 Å². The van der Waals surface area contributed by atoms with Gasteiger partial charge in [-0.15, -0.1) is 0 Å². The molecule has 0 aromatic heterocycles. The lowest BCUT2D eigenvalue weighted by atomic mass is 9.91. The van der Waals surface area contributed by atoms with Gasteiger partial charge in [-0.3, -0.25) is 19.8 Å². The van der Waals surface area contributed by atoms with Crippen molar-refractivity contribution in [3.63, 3.8) is 0 Å². The van der Waals surface area contributed by atoms with Gasteiger partial charge in [0.2, 0.25) is 11.8 Å². The third-order valence-electron chi connectivity index (χ3n) is 3.72. The summed E-state index contributed by atoms with van der Waals surface area (Å²) in [5, 5.41) is 9.69. The molecule has 0 saturated carbocycles. The number of rotatable bonds is 3. The number of hydrogen-bond acceptors (Lipinski definition) is 6. The lowest BCUT2D eigenvalue weighted by Gasteiger charge is -2.22. The molecule has 126 valence electrons. The molecule has 1 aromatic rings. The van der Waals surface area contributed by atoms with Crippen molar-refractivity contribution in [3.8, 4) is 0 Å². The van der Waals surface area contributed by atoms with Crippen LogP contribution < -0.4 is 16.1 Å². The predicted molar refractivity (Wildman–Crippen MR) is 92.4 cm³/mol. The zero-order chi connectivity index (χ0) is 17.3. The van der Waals surface area contributed by atoms with Crippen LogP contribution in [0.5, 0.6) is 0 Å². The highest BCUT2D eigenvalue weighted by atomic mass is 32.2. The van der Waals surface area contributed by atoms with Crippen molar-refractivity contribution in [2.45, 2.75) is 25.6 Å². The molecular weight excluding hydrogens is 328 g/mol. The number of carbonyl (C=O) groups excluding carboxylic acids is 3. The number of hydrazone groups is 1. The standard InChI is InChI=1S/C16H18N4O3S/c1-8(2)7-11-19-20-16(24-11)18-15(23)12-13(21)9-5-3-4-6-10(9)17-14(12)22/h3-6,8,11-12,19H,7H2,1-2H3,(H,17,22)(H,18,20,23)/t11-,12-/m1/s1. The van der Waals surface area contributed by atoms with Gasteiger partial charge >= 0.3 is 0 Å². The third kappa shape index (κ3) is 3.28. The van der Waals surface area contributed by atoms with Crippen molar-refractivity contribution >= 4 is 40.2 Å². The molecule has 7 nitrogen and oxygen atoms in total. The van der Waals surface area contributed by atoms with Crippen molar-refractivity contribution < 1.29 is 14.4 Å². The monoisotopic (exact) mass is 346 g/mol. The van der Waals surface area contributed by atoms with Crippen LogP contribution in [0.2, 0.25) is 0 Å². The summed E-state index contributed by atoms with van der Waals surface area (Å²) in [4.78, 5) is 37.0. The summed E-state index contributed by atoms with van der Waals surface area (Å²) in [7, 11) is 0. The first-order valence-corrected chi connectivity index (χ1v) is 8.58. The van der Waals surface area contributed by atoms with Crippen molar-refractivity contribution in [3.05, 3.63) is 29.8 Å². The van der Waals surface area contributed by atoms with E-state index < -0.39 is 23.5 Å². The number of fused-ring (bicyclic) bond motifs is 1. The van der Waals surface area contributed by atoms with Gasteiger partial charge in [-0.05, 0) is 24.5 Å². The fraction of sp³-hybridized carbons (Fsp3) is 0.375. The first-order chi connectivity index (χ1) is 11.5. The summed E-state index contributed by atoms with van der Waals surface area (Å²) in [6.07, 6.45) is 0.893. The number of Topliss-reactive ketones (excluding diaryl/α,β-unsaturated/α-hetero) is 1. The second-order valence-corrected chi connectivity index (χ2v) is 7.29. The molecule has 2 heterocycles. The molecule has 8 heteroatoms. The highest BCUT2D eigenvalue weighted by Gasteiger charge is 2.40. The fourth-order valence-electron chi connectivity index (χ4n) is 2.61. The summed E-state index contributed by atoms with van der Waals surface area (Å²) in [6.45, 7) is 4.20. The molecule has 0 bridgehead atoms. The Morgan fingerprint density at radius 1 is 1.33 bits per heavy atom. The van der Waals surface area contributed by atoms with Crippen molar-refractivity contribution in [1.82, 2.24) is 10.7 Å². The summed E-state index contributed by atoms with van der Waals surface area (Å²) in [6, 6.07) is 6.65. The number of hydrogen-bond donors (Lipinski definition) is 3. The van der Waals surface area contributed by atoms with Crippen LogP contribution in [-0.4, -0.2) is 28.1 Å². The molecule has 1 aromatic carbocycles. The zero-order valence-corrected chi connectivity index (χ0v) is 14.1. The Kier molecular flexibility index (Phi) is 4.57. The first kappa shape index (κ1) is 16.5. The molecular formula is C16H18N4O3S. The number of amides is 2. The number of thioether (sulfide) groups is 1. The average molecular weight is 346 g/mol. The summed E-state index contributed by atoms with van der Waals surface area (Å²) < 4.78 is 0. The number of nitrogens with zero attached hydrogens (tertiary/aromatic N) is 1. The second-order valence-electron chi connectivity index (χ2n) is 6.10. The van der Waals surface area contributed by atoms with E-state index in [2.05, 4.69) is 35.0 Å². The van der Waals surface area contributed by atoms with E-state index in [1.165, 1.54) is 11.8 Å². The van der Waals surface area contributed by atoms with Crippen LogP contribution in [0.3, 0.4) is 0 Å². The van der Waals surface area contributed by atoms with Crippen LogP contribution >= 0.6 is 11.8 Å². The molecule has 0 radical (unpaired) electrons. The topological polar surface area (TPSA) is 99.7 Å². The van der Waals surface area contributed by atoms with E-state index >= 15 is 0 Å². The van der Waals surface area contributed by atoms with Crippen molar-refractivity contribution in [2.24, 2.45) is 16.9 Å². The van der Waals surface area contributed by atoms with Crippen LogP contribution in [0.15, 0.2) is 29.4 Å². The Labute approximate surface area is 143 Å². The van der Waals surface area contributed by atoms with Crippen molar-refractivity contribution in [1.29, 1.82) is 0 Å². The summed E-state index contributed by atoms with van der Waals surface area (Å²) in [5.41, 5.74) is 3.71. The normalized spacial score (nSPS) is 22.5. The number of anilines is 1. The van der Waals surface area contributed by atoms with Gasteiger partial charge in [0, 0.05) is 5.56 Å².